The number of amides is 1. The van der Waals surface area contributed by atoms with Crippen LogP contribution in [-0.4, -0.2) is 62.4 Å². The van der Waals surface area contributed by atoms with Crippen molar-refractivity contribution in [2.24, 2.45) is 11.8 Å². The van der Waals surface area contributed by atoms with Crippen molar-refractivity contribution in [1.82, 2.24) is 4.90 Å². The van der Waals surface area contributed by atoms with Gasteiger partial charge in [0.2, 0.25) is 5.91 Å². The first-order valence-corrected chi connectivity index (χ1v) is 15.5. The van der Waals surface area contributed by atoms with Gasteiger partial charge in [-0.25, -0.2) is 0 Å². The molecule has 0 saturated heterocycles. The highest BCUT2D eigenvalue weighted by atomic mass is 35.5. The molecule has 6 nitrogen and oxygen atoms in total. The van der Waals surface area contributed by atoms with Gasteiger partial charge in [-0.3, -0.25) is 4.79 Å². The van der Waals surface area contributed by atoms with E-state index in [1.54, 1.807) is 26.0 Å². The van der Waals surface area contributed by atoms with Crippen LogP contribution >= 0.6 is 11.6 Å². The molecule has 5 atom stereocenters. The average molecular weight is 583 g/mol. The molecule has 1 N–H and O–H groups in total. The van der Waals surface area contributed by atoms with Gasteiger partial charge in [0, 0.05) is 51.7 Å². The van der Waals surface area contributed by atoms with Crippen molar-refractivity contribution in [3.05, 3.63) is 70.3 Å². The van der Waals surface area contributed by atoms with E-state index < -0.39 is 6.10 Å². The zero-order chi connectivity index (χ0) is 29.5. The lowest BCUT2D eigenvalue weighted by Crippen LogP contribution is -2.44. The number of benzene rings is 2. The second kappa shape index (κ2) is 14.6. The molecule has 2 aromatic carbocycles. The van der Waals surface area contributed by atoms with Crippen molar-refractivity contribution < 1.29 is 19.4 Å². The number of methoxy groups -OCH3 is 1. The first kappa shape index (κ1) is 31.4. The molecule has 7 heteroatoms. The SMILES string of the molecule is CCCc1cc(Cl)ccc1C1COc2ccc(C(C)OC)cc2N(CC2CCC2C(O)/C=C/CCN(C)C(C)=O)C1. The number of ether oxygens (including phenoxy) is 2. The Morgan fingerprint density at radius 1 is 1.27 bits per heavy atom. The molecule has 0 radical (unpaired) electrons. The molecule has 2 aliphatic rings. The van der Waals surface area contributed by atoms with E-state index in [4.69, 9.17) is 21.1 Å². The molecule has 224 valence electrons. The largest absolute Gasteiger partial charge is 0.491 e. The van der Waals surface area contributed by atoms with Crippen molar-refractivity contribution >= 4 is 23.2 Å². The second-order valence-electron chi connectivity index (χ2n) is 11.8. The lowest BCUT2D eigenvalue weighted by atomic mass is 9.70. The van der Waals surface area contributed by atoms with Crippen LogP contribution in [0.2, 0.25) is 5.02 Å². The van der Waals surface area contributed by atoms with Crippen LogP contribution in [0.15, 0.2) is 48.6 Å². The van der Waals surface area contributed by atoms with E-state index in [0.717, 1.165) is 67.2 Å². The maximum Gasteiger partial charge on any atom is 0.219 e. The predicted molar refractivity (Wildman–Crippen MR) is 167 cm³/mol. The topological polar surface area (TPSA) is 62.2 Å². The molecule has 0 spiro atoms. The maximum atomic E-state index is 11.5. The molecule has 1 amide bonds. The summed E-state index contributed by atoms with van der Waals surface area (Å²) in [5.74, 6) is 1.75. The fourth-order valence-electron chi connectivity index (χ4n) is 6.08. The van der Waals surface area contributed by atoms with Crippen LogP contribution in [0.4, 0.5) is 5.69 Å². The molecule has 5 unspecified atom stereocenters. The third-order valence-electron chi connectivity index (χ3n) is 8.96. The van der Waals surface area contributed by atoms with Gasteiger partial charge in [0.1, 0.15) is 5.75 Å². The van der Waals surface area contributed by atoms with Crippen LogP contribution in [0.3, 0.4) is 0 Å². The van der Waals surface area contributed by atoms with Crippen LogP contribution in [0.5, 0.6) is 5.75 Å². The van der Waals surface area contributed by atoms with Crippen LogP contribution in [-0.2, 0) is 16.0 Å². The van der Waals surface area contributed by atoms with Crippen molar-refractivity contribution in [3.8, 4) is 5.75 Å². The highest BCUT2D eigenvalue weighted by Gasteiger charge is 2.38. The number of aryl methyl sites for hydroxylation is 1. The normalized spacial score (nSPS) is 21.9. The van der Waals surface area contributed by atoms with Gasteiger partial charge in [0.15, 0.2) is 0 Å². The van der Waals surface area contributed by atoms with Gasteiger partial charge in [-0.2, -0.15) is 0 Å². The third kappa shape index (κ3) is 7.85. The number of aliphatic hydroxyl groups excluding tert-OH is 1. The quantitative estimate of drug-likeness (QED) is 0.279. The summed E-state index contributed by atoms with van der Waals surface area (Å²) in [6.07, 6.45) is 8.34. The van der Waals surface area contributed by atoms with E-state index in [2.05, 4.69) is 49.1 Å². The molecule has 0 bridgehead atoms. The Kier molecular flexibility index (Phi) is 11.2. The van der Waals surface area contributed by atoms with Gasteiger partial charge in [0.05, 0.1) is 24.5 Å². The summed E-state index contributed by atoms with van der Waals surface area (Å²) in [7, 11) is 3.54. The van der Waals surface area contributed by atoms with Gasteiger partial charge < -0.3 is 24.4 Å². The standard InChI is InChI=1S/C34H47ClN2O4/c1-6-9-26-18-29(35)13-15-30(26)28-21-37(32-19-25(23(2)40-5)12-16-34(32)41-22-28)20-27-11-14-31(27)33(39)10-7-8-17-36(4)24(3)38/h7,10,12-13,15-16,18-19,23,27-28,31,33,39H,6,8-9,11,14,17,20-22H2,1-5H3/b10-7+. The minimum atomic E-state index is -0.484. The number of rotatable bonds is 12. The zero-order valence-electron chi connectivity index (χ0n) is 25.3. The Labute approximate surface area is 251 Å². The molecule has 1 saturated carbocycles. The molecular formula is C34H47ClN2O4. The number of hydrogen-bond acceptors (Lipinski definition) is 5. The Morgan fingerprint density at radius 2 is 2.07 bits per heavy atom. The smallest absolute Gasteiger partial charge is 0.219 e. The number of carbonyl (C=O) groups is 1. The first-order valence-electron chi connectivity index (χ1n) is 15.1. The van der Waals surface area contributed by atoms with E-state index in [0.29, 0.717) is 19.1 Å². The highest BCUT2D eigenvalue weighted by Crippen LogP contribution is 2.43. The Balaban J connectivity index is 1.55. The lowest BCUT2D eigenvalue weighted by molar-refractivity contribution is -0.127. The van der Waals surface area contributed by atoms with E-state index >= 15 is 0 Å². The van der Waals surface area contributed by atoms with Crippen LogP contribution in [0, 0.1) is 11.8 Å². The Hall–Kier alpha value is -2.54. The predicted octanol–water partition coefficient (Wildman–Crippen LogP) is 6.79. The third-order valence-corrected chi connectivity index (χ3v) is 9.20. The fraction of sp³-hybridized carbons (Fsp3) is 0.559. The highest BCUT2D eigenvalue weighted by molar-refractivity contribution is 6.30. The van der Waals surface area contributed by atoms with Crippen molar-refractivity contribution in [1.29, 1.82) is 0 Å². The van der Waals surface area contributed by atoms with Crippen LogP contribution in [0.1, 0.15) is 75.2 Å². The average Bonchev–Trinajstić information content (AvgIpc) is 3.12. The van der Waals surface area contributed by atoms with Crippen LogP contribution < -0.4 is 9.64 Å². The molecule has 0 aromatic heterocycles. The number of carbonyl (C=O) groups excluding carboxylic acids is 1. The summed E-state index contributed by atoms with van der Waals surface area (Å²) in [4.78, 5) is 15.6. The van der Waals surface area contributed by atoms with Crippen molar-refractivity contribution in [2.45, 2.75) is 71.0 Å². The summed E-state index contributed by atoms with van der Waals surface area (Å²) in [6, 6.07) is 12.7. The van der Waals surface area contributed by atoms with Gasteiger partial charge in [0.25, 0.3) is 0 Å². The molecule has 41 heavy (non-hydrogen) atoms. The van der Waals surface area contributed by atoms with E-state index in [9.17, 15) is 9.90 Å². The van der Waals surface area contributed by atoms with Crippen LogP contribution in [0.25, 0.3) is 0 Å². The Morgan fingerprint density at radius 3 is 2.76 bits per heavy atom. The van der Waals surface area contributed by atoms with Gasteiger partial charge in [-0.15, -0.1) is 0 Å². The molecular weight excluding hydrogens is 536 g/mol. The number of fused-ring (bicyclic) bond motifs is 1. The molecule has 2 aromatic rings. The number of nitrogens with zero attached hydrogens (tertiary/aromatic N) is 2. The lowest BCUT2D eigenvalue weighted by Gasteiger charge is -2.42. The van der Waals surface area contributed by atoms with E-state index in [-0.39, 0.29) is 23.8 Å². The first-order chi connectivity index (χ1) is 19.7. The maximum absolute atomic E-state index is 11.5. The van der Waals surface area contributed by atoms with Crippen molar-refractivity contribution in [3.63, 3.8) is 0 Å². The summed E-state index contributed by atoms with van der Waals surface area (Å²) in [6.45, 7) is 8.80. The number of halogens is 1. The summed E-state index contributed by atoms with van der Waals surface area (Å²) >= 11 is 6.40. The van der Waals surface area contributed by atoms with E-state index in [1.807, 2.05) is 18.2 Å². The zero-order valence-corrected chi connectivity index (χ0v) is 26.1. The molecule has 1 fully saturated rings. The minimum absolute atomic E-state index is 0.0147. The second-order valence-corrected chi connectivity index (χ2v) is 12.2. The molecule has 4 rings (SSSR count). The van der Waals surface area contributed by atoms with Gasteiger partial charge in [-0.05, 0) is 85.4 Å². The summed E-state index contributed by atoms with van der Waals surface area (Å²) in [5.41, 5.74) is 4.83. The fourth-order valence-corrected chi connectivity index (χ4v) is 6.27. The number of hydrogen-bond donors (Lipinski definition) is 1. The number of anilines is 1. The van der Waals surface area contributed by atoms with Gasteiger partial charge in [-0.1, -0.05) is 49.2 Å². The molecule has 1 heterocycles. The minimum Gasteiger partial charge on any atom is -0.491 e. The monoisotopic (exact) mass is 582 g/mol. The van der Waals surface area contributed by atoms with E-state index in [1.165, 1.54) is 11.1 Å². The summed E-state index contributed by atoms with van der Waals surface area (Å²) < 4.78 is 12.1. The van der Waals surface area contributed by atoms with Gasteiger partial charge >= 0.3 is 0 Å². The Bertz CT molecular complexity index is 1200. The van der Waals surface area contributed by atoms with Crippen molar-refractivity contribution in [2.75, 3.05) is 45.3 Å². The molecule has 1 aliphatic carbocycles. The summed E-state index contributed by atoms with van der Waals surface area (Å²) in [5, 5.41) is 11.8. The molecule has 1 aliphatic heterocycles. The number of aliphatic hydroxyl groups is 1.